The van der Waals surface area contributed by atoms with Crippen LogP contribution in [0.5, 0.6) is 0 Å². The Morgan fingerprint density at radius 2 is 1.67 bits per heavy atom. The van der Waals surface area contributed by atoms with E-state index in [-0.39, 0.29) is 0 Å². The molecule has 0 bridgehead atoms. The van der Waals surface area contributed by atoms with Crippen LogP contribution < -0.4 is 5.32 Å². The summed E-state index contributed by atoms with van der Waals surface area (Å²) < 4.78 is 0. The molecule has 0 aromatic carbocycles. The van der Waals surface area contributed by atoms with Gasteiger partial charge in [0.15, 0.2) is 0 Å². The summed E-state index contributed by atoms with van der Waals surface area (Å²) in [5.74, 6) is 0.645. The van der Waals surface area contributed by atoms with Crippen LogP contribution in [0.2, 0.25) is 0 Å². The van der Waals surface area contributed by atoms with Crippen molar-refractivity contribution in [3.8, 4) is 0 Å². The first kappa shape index (κ1) is 15.3. The number of piperidine rings is 2. The topological polar surface area (TPSA) is 35.6 Å². The number of carbonyl (C=O) groups excluding carboxylic acids is 1. The van der Waals surface area contributed by atoms with E-state index in [1.807, 2.05) is 0 Å². The maximum atomic E-state index is 12.3. The lowest BCUT2D eigenvalue weighted by Gasteiger charge is -2.42. The van der Waals surface area contributed by atoms with Crippen molar-refractivity contribution in [3.05, 3.63) is 0 Å². The monoisotopic (exact) mass is 293 g/mol. The van der Waals surface area contributed by atoms with Crippen molar-refractivity contribution < 1.29 is 4.79 Å². The molecule has 0 aromatic heterocycles. The number of likely N-dealkylation sites (tertiary alicyclic amines) is 2. The lowest BCUT2D eigenvalue weighted by molar-refractivity contribution is -0.126. The van der Waals surface area contributed by atoms with Crippen LogP contribution in [-0.2, 0) is 4.79 Å². The van der Waals surface area contributed by atoms with Gasteiger partial charge in [-0.15, -0.1) is 0 Å². The summed E-state index contributed by atoms with van der Waals surface area (Å²) in [6, 6.07) is 1.14. The van der Waals surface area contributed by atoms with E-state index >= 15 is 0 Å². The van der Waals surface area contributed by atoms with E-state index in [1.54, 1.807) is 0 Å². The molecule has 120 valence electrons. The highest BCUT2D eigenvalue weighted by molar-refractivity contribution is 5.79. The minimum absolute atomic E-state index is 0.309. The second-order valence-electron chi connectivity index (χ2n) is 7.36. The number of rotatable bonds is 3. The molecule has 0 aromatic rings. The van der Waals surface area contributed by atoms with Gasteiger partial charge in [-0.1, -0.05) is 12.8 Å². The molecule has 1 N–H and O–H groups in total. The van der Waals surface area contributed by atoms with Crippen molar-refractivity contribution in [2.45, 2.75) is 63.5 Å². The van der Waals surface area contributed by atoms with Gasteiger partial charge < -0.3 is 10.2 Å². The van der Waals surface area contributed by atoms with Crippen LogP contribution in [0, 0.1) is 5.92 Å². The average Bonchev–Trinajstić information content (AvgIpc) is 3.02. The molecule has 2 heterocycles. The smallest absolute Gasteiger partial charge is 0.223 e. The fourth-order valence-corrected chi connectivity index (χ4v) is 4.32. The maximum Gasteiger partial charge on any atom is 0.223 e. The molecule has 2 aliphatic heterocycles. The zero-order valence-electron chi connectivity index (χ0n) is 13.5. The number of hydrogen-bond donors (Lipinski definition) is 1. The fourth-order valence-electron chi connectivity index (χ4n) is 4.32. The molecule has 4 nitrogen and oxygen atoms in total. The van der Waals surface area contributed by atoms with Crippen LogP contribution in [0.15, 0.2) is 0 Å². The molecular formula is C17H31N3O. The molecule has 1 unspecified atom stereocenters. The molecule has 3 rings (SSSR count). The highest BCUT2D eigenvalue weighted by Gasteiger charge is 2.30. The summed E-state index contributed by atoms with van der Waals surface area (Å²) >= 11 is 0. The van der Waals surface area contributed by atoms with Crippen molar-refractivity contribution in [1.29, 1.82) is 0 Å². The normalized spacial score (nSPS) is 30.6. The number of hydrogen-bond acceptors (Lipinski definition) is 3. The van der Waals surface area contributed by atoms with Crippen LogP contribution in [0.4, 0.5) is 0 Å². The van der Waals surface area contributed by atoms with Crippen LogP contribution in [0.3, 0.4) is 0 Å². The summed E-state index contributed by atoms with van der Waals surface area (Å²) in [6.07, 6.45) is 9.69. The fraction of sp³-hybridized carbons (Fsp3) is 0.941. The van der Waals surface area contributed by atoms with Crippen LogP contribution in [-0.4, -0.2) is 61.0 Å². The number of nitrogens with zero attached hydrogens (tertiary/aromatic N) is 2. The molecular weight excluding hydrogens is 262 g/mol. The molecule has 0 radical (unpaired) electrons. The van der Waals surface area contributed by atoms with Crippen LogP contribution in [0.25, 0.3) is 0 Å². The highest BCUT2D eigenvalue weighted by Crippen LogP contribution is 2.26. The van der Waals surface area contributed by atoms with Gasteiger partial charge in [-0.3, -0.25) is 9.69 Å². The number of amides is 1. The van der Waals surface area contributed by atoms with Gasteiger partial charge in [-0.2, -0.15) is 0 Å². The third-order valence-electron chi connectivity index (χ3n) is 5.73. The summed E-state index contributed by atoms with van der Waals surface area (Å²) in [4.78, 5) is 17.4. The van der Waals surface area contributed by atoms with Crippen molar-refractivity contribution in [3.63, 3.8) is 0 Å². The minimum atomic E-state index is 0.309. The van der Waals surface area contributed by atoms with E-state index in [2.05, 4.69) is 22.2 Å². The van der Waals surface area contributed by atoms with E-state index in [4.69, 9.17) is 0 Å². The number of nitrogens with one attached hydrogen (secondary N) is 1. The molecule has 1 aliphatic carbocycles. The van der Waals surface area contributed by atoms with Crippen LogP contribution >= 0.6 is 0 Å². The van der Waals surface area contributed by atoms with Crippen LogP contribution in [0.1, 0.15) is 51.4 Å². The first-order chi connectivity index (χ1) is 10.2. The van der Waals surface area contributed by atoms with E-state index in [0.717, 1.165) is 25.4 Å². The van der Waals surface area contributed by atoms with Crippen molar-refractivity contribution in [2.24, 2.45) is 5.92 Å². The van der Waals surface area contributed by atoms with E-state index < -0.39 is 0 Å². The standard InChI is InChI=1S/C17H31N3O/c1-19-11-8-16(9-12-19)20-10-4-7-15(13-20)18-17(21)14-5-2-3-6-14/h14-16H,2-13H2,1H3,(H,18,21). The van der Waals surface area contributed by atoms with Crippen molar-refractivity contribution in [1.82, 2.24) is 15.1 Å². The molecule has 3 aliphatic rings. The van der Waals surface area contributed by atoms with Gasteiger partial charge in [-0.25, -0.2) is 0 Å². The quantitative estimate of drug-likeness (QED) is 0.862. The van der Waals surface area contributed by atoms with Gasteiger partial charge in [0.1, 0.15) is 0 Å². The third kappa shape index (κ3) is 3.98. The van der Waals surface area contributed by atoms with E-state index in [9.17, 15) is 4.79 Å². The maximum absolute atomic E-state index is 12.3. The molecule has 21 heavy (non-hydrogen) atoms. The first-order valence-corrected chi connectivity index (χ1v) is 8.95. The lowest BCUT2D eigenvalue weighted by Crippen LogP contribution is -2.53. The van der Waals surface area contributed by atoms with Crippen molar-refractivity contribution in [2.75, 3.05) is 33.2 Å². The van der Waals surface area contributed by atoms with Gasteiger partial charge in [-0.05, 0) is 65.2 Å². The molecule has 1 atom stereocenters. The summed E-state index contributed by atoms with van der Waals surface area (Å²) in [6.45, 7) is 4.75. The lowest BCUT2D eigenvalue weighted by atomic mass is 9.97. The molecule has 0 spiro atoms. The first-order valence-electron chi connectivity index (χ1n) is 8.95. The Morgan fingerprint density at radius 1 is 0.952 bits per heavy atom. The van der Waals surface area contributed by atoms with E-state index in [0.29, 0.717) is 17.9 Å². The predicted molar refractivity (Wildman–Crippen MR) is 85.2 cm³/mol. The second-order valence-corrected chi connectivity index (χ2v) is 7.36. The Labute approximate surface area is 129 Å². The Bertz CT molecular complexity index is 346. The van der Waals surface area contributed by atoms with Gasteiger partial charge in [0, 0.05) is 24.5 Å². The molecule has 3 fully saturated rings. The predicted octanol–water partition coefficient (Wildman–Crippen LogP) is 1.85. The minimum Gasteiger partial charge on any atom is -0.352 e. The van der Waals surface area contributed by atoms with Gasteiger partial charge in [0.2, 0.25) is 5.91 Å². The third-order valence-corrected chi connectivity index (χ3v) is 5.73. The summed E-state index contributed by atoms with van der Waals surface area (Å²) in [7, 11) is 2.22. The highest BCUT2D eigenvalue weighted by atomic mass is 16.1. The molecule has 1 amide bonds. The zero-order valence-corrected chi connectivity index (χ0v) is 13.5. The Balaban J connectivity index is 1.47. The van der Waals surface area contributed by atoms with Gasteiger partial charge in [0.05, 0.1) is 0 Å². The molecule has 4 heteroatoms. The van der Waals surface area contributed by atoms with Gasteiger partial charge >= 0.3 is 0 Å². The summed E-state index contributed by atoms with van der Waals surface area (Å²) in [5.41, 5.74) is 0. The zero-order chi connectivity index (χ0) is 14.7. The Morgan fingerprint density at radius 3 is 2.38 bits per heavy atom. The Kier molecular flexibility index (Phi) is 5.17. The summed E-state index contributed by atoms with van der Waals surface area (Å²) in [5, 5.41) is 3.35. The second kappa shape index (κ2) is 7.10. The largest absolute Gasteiger partial charge is 0.352 e. The van der Waals surface area contributed by atoms with Gasteiger partial charge in [0.25, 0.3) is 0 Å². The SMILES string of the molecule is CN1CCC(N2CCCC(NC(=O)C3CCCC3)C2)CC1. The molecule has 1 saturated carbocycles. The van der Waals surface area contributed by atoms with E-state index in [1.165, 1.54) is 58.2 Å². The van der Waals surface area contributed by atoms with Crippen molar-refractivity contribution >= 4 is 5.91 Å². The molecule has 2 saturated heterocycles. The number of carbonyl (C=O) groups is 1. The average molecular weight is 293 g/mol. The Hall–Kier alpha value is -0.610.